The van der Waals surface area contributed by atoms with Gasteiger partial charge in [-0.25, -0.2) is 0 Å². The summed E-state index contributed by atoms with van der Waals surface area (Å²) in [6.45, 7) is 0. The number of rotatable bonds is 1. The molecule has 2 fully saturated rings. The van der Waals surface area contributed by atoms with Crippen molar-refractivity contribution in [1.82, 2.24) is 0 Å². The lowest BCUT2D eigenvalue weighted by molar-refractivity contribution is -0.127. The molecule has 0 amide bonds. The largest absolute Gasteiger partial charge is 0.393 e. The van der Waals surface area contributed by atoms with Crippen LogP contribution in [0.25, 0.3) is 0 Å². The van der Waals surface area contributed by atoms with Crippen molar-refractivity contribution >= 4 is 5.78 Å². The summed E-state index contributed by atoms with van der Waals surface area (Å²) in [7, 11) is 0. The van der Waals surface area contributed by atoms with Crippen molar-refractivity contribution < 1.29 is 9.90 Å². The van der Waals surface area contributed by atoms with Crippen LogP contribution < -0.4 is 0 Å². The van der Waals surface area contributed by atoms with Crippen LogP contribution in [0.4, 0.5) is 0 Å². The number of aliphatic hydroxyl groups excluding tert-OH is 1. The highest BCUT2D eigenvalue weighted by Gasteiger charge is 2.34. The molecule has 2 heteroatoms. The van der Waals surface area contributed by atoms with Crippen LogP contribution in [0.3, 0.4) is 0 Å². The van der Waals surface area contributed by atoms with Gasteiger partial charge in [-0.2, -0.15) is 0 Å². The maximum atomic E-state index is 11.9. The molecule has 1 N–H and O–H groups in total. The number of hydrogen-bond acceptors (Lipinski definition) is 2. The number of ketones is 1. The van der Waals surface area contributed by atoms with E-state index in [1.54, 1.807) is 0 Å². The summed E-state index contributed by atoms with van der Waals surface area (Å²) >= 11 is 0. The van der Waals surface area contributed by atoms with Gasteiger partial charge in [0.2, 0.25) is 0 Å². The van der Waals surface area contributed by atoms with Crippen LogP contribution in [0.2, 0.25) is 0 Å². The van der Waals surface area contributed by atoms with Gasteiger partial charge in [0.05, 0.1) is 6.10 Å². The molecule has 0 radical (unpaired) electrons. The fraction of sp³-hybridized carbons (Fsp3) is 0.923. The zero-order valence-corrected chi connectivity index (χ0v) is 9.45. The van der Waals surface area contributed by atoms with Crippen molar-refractivity contribution in [3.63, 3.8) is 0 Å². The normalized spacial score (nSPS) is 38.7. The van der Waals surface area contributed by atoms with Crippen molar-refractivity contribution in [3.8, 4) is 0 Å². The van der Waals surface area contributed by atoms with E-state index in [2.05, 4.69) is 0 Å². The molecule has 2 aliphatic rings. The molecule has 0 aliphatic heterocycles. The Balaban J connectivity index is 2.02. The minimum atomic E-state index is -0.203. The van der Waals surface area contributed by atoms with Crippen LogP contribution in [0.1, 0.15) is 57.8 Å². The summed E-state index contributed by atoms with van der Waals surface area (Å²) in [5.74, 6) is 0.894. The molecule has 0 aromatic rings. The molecule has 0 spiro atoms. The first-order valence-corrected chi connectivity index (χ1v) is 6.50. The third-order valence-corrected chi connectivity index (χ3v) is 4.15. The van der Waals surface area contributed by atoms with Gasteiger partial charge in [-0.15, -0.1) is 0 Å². The van der Waals surface area contributed by atoms with Crippen LogP contribution in [-0.2, 0) is 4.79 Å². The smallest absolute Gasteiger partial charge is 0.136 e. The van der Waals surface area contributed by atoms with Gasteiger partial charge in [-0.1, -0.05) is 25.7 Å². The Kier molecular flexibility index (Phi) is 3.79. The monoisotopic (exact) mass is 210 g/mol. The van der Waals surface area contributed by atoms with Crippen molar-refractivity contribution in [3.05, 3.63) is 0 Å². The average molecular weight is 210 g/mol. The summed E-state index contributed by atoms with van der Waals surface area (Å²) in [4.78, 5) is 11.9. The van der Waals surface area contributed by atoms with E-state index in [1.165, 1.54) is 19.3 Å². The second kappa shape index (κ2) is 5.11. The van der Waals surface area contributed by atoms with Crippen molar-refractivity contribution in [1.29, 1.82) is 0 Å². The Hall–Kier alpha value is -0.370. The van der Waals surface area contributed by atoms with Gasteiger partial charge in [0.15, 0.2) is 0 Å². The average Bonchev–Trinajstić information content (AvgIpc) is 2.44. The van der Waals surface area contributed by atoms with Crippen LogP contribution in [-0.4, -0.2) is 17.0 Å². The first-order chi connectivity index (χ1) is 7.29. The zero-order chi connectivity index (χ0) is 10.7. The predicted octanol–water partition coefficient (Wildman–Crippen LogP) is 2.69. The van der Waals surface area contributed by atoms with Crippen molar-refractivity contribution in [2.45, 2.75) is 63.9 Å². The summed E-state index contributed by atoms with van der Waals surface area (Å²) in [5, 5.41) is 9.98. The van der Waals surface area contributed by atoms with E-state index in [0.29, 0.717) is 5.78 Å². The van der Waals surface area contributed by atoms with E-state index in [9.17, 15) is 9.90 Å². The molecule has 0 aromatic heterocycles. The fourth-order valence-corrected chi connectivity index (χ4v) is 3.25. The number of Topliss-reactive ketones (excluding diaryl/α,β-unsaturated/α-hetero) is 1. The number of aliphatic hydroxyl groups is 1. The van der Waals surface area contributed by atoms with Crippen LogP contribution in [0.5, 0.6) is 0 Å². The molecular formula is C13H22O2. The van der Waals surface area contributed by atoms with Gasteiger partial charge >= 0.3 is 0 Å². The summed E-state index contributed by atoms with van der Waals surface area (Å²) in [5.41, 5.74) is 0. The van der Waals surface area contributed by atoms with E-state index in [4.69, 9.17) is 0 Å². The Morgan fingerprint density at radius 3 is 2.47 bits per heavy atom. The maximum Gasteiger partial charge on any atom is 0.136 e. The molecule has 3 atom stereocenters. The molecule has 15 heavy (non-hydrogen) atoms. The Bertz CT molecular complexity index is 225. The first kappa shape index (κ1) is 11.1. The van der Waals surface area contributed by atoms with E-state index in [1.807, 2.05) is 0 Å². The lowest BCUT2D eigenvalue weighted by Crippen LogP contribution is -2.34. The fourth-order valence-electron chi connectivity index (χ4n) is 3.25. The molecular weight excluding hydrogens is 188 g/mol. The predicted molar refractivity (Wildman–Crippen MR) is 59.5 cm³/mol. The quantitative estimate of drug-likeness (QED) is 0.676. The maximum absolute atomic E-state index is 11.9. The summed E-state index contributed by atoms with van der Waals surface area (Å²) in [6, 6.07) is 0. The SMILES string of the molecule is O=C1CCCCCC1C1CCCCC1O. The minimum absolute atomic E-state index is 0.183. The third-order valence-electron chi connectivity index (χ3n) is 4.15. The van der Waals surface area contributed by atoms with Crippen LogP contribution >= 0.6 is 0 Å². The Morgan fingerprint density at radius 2 is 1.67 bits per heavy atom. The first-order valence-electron chi connectivity index (χ1n) is 6.50. The highest BCUT2D eigenvalue weighted by atomic mass is 16.3. The molecule has 0 saturated heterocycles. The van der Waals surface area contributed by atoms with Gasteiger partial charge in [-0.05, 0) is 31.6 Å². The summed E-state index contributed by atoms with van der Waals surface area (Å²) < 4.78 is 0. The molecule has 2 aliphatic carbocycles. The second-order valence-corrected chi connectivity index (χ2v) is 5.19. The van der Waals surface area contributed by atoms with Gasteiger partial charge in [0, 0.05) is 12.3 Å². The van der Waals surface area contributed by atoms with Crippen molar-refractivity contribution in [2.75, 3.05) is 0 Å². The van der Waals surface area contributed by atoms with E-state index in [-0.39, 0.29) is 17.9 Å². The lowest BCUT2D eigenvalue weighted by Gasteiger charge is -2.33. The lowest BCUT2D eigenvalue weighted by atomic mass is 9.74. The van der Waals surface area contributed by atoms with E-state index < -0.39 is 0 Å². The van der Waals surface area contributed by atoms with E-state index >= 15 is 0 Å². The van der Waals surface area contributed by atoms with Gasteiger partial charge < -0.3 is 5.11 Å². The summed E-state index contributed by atoms with van der Waals surface area (Å²) in [6.07, 6.45) is 9.35. The number of carbonyl (C=O) groups excluding carboxylic acids is 1. The molecule has 2 rings (SSSR count). The van der Waals surface area contributed by atoms with Gasteiger partial charge in [0.1, 0.15) is 5.78 Å². The number of hydrogen-bond donors (Lipinski definition) is 1. The molecule has 0 bridgehead atoms. The van der Waals surface area contributed by atoms with Crippen LogP contribution in [0.15, 0.2) is 0 Å². The van der Waals surface area contributed by atoms with E-state index in [0.717, 1.165) is 38.5 Å². The van der Waals surface area contributed by atoms with Gasteiger partial charge in [-0.3, -0.25) is 4.79 Å². The molecule has 86 valence electrons. The van der Waals surface area contributed by atoms with Crippen molar-refractivity contribution in [2.24, 2.45) is 11.8 Å². The minimum Gasteiger partial charge on any atom is -0.393 e. The third kappa shape index (κ3) is 2.60. The molecule has 0 aromatic carbocycles. The molecule has 0 heterocycles. The van der Waals surface area contributed by atoms with Crippen LogP contribution in [0, 0.1) is 11.8 Å². The highest BCUT2D eigenvalue weighted by Crippen LogP contribution is 2.36. The second-order valence-electron chi connectivity index (χ2n) is 5.19. The Labute approximate surface area is 92.1 Å². The zero-order valence-electron chi connectivity index (χ0n) is 9.45. The Morgan fingerprint density at radius 1 is 0.933 bits per heavy atom. The topological polar surface area (TPSA) is 37.3 Å². The molecule has 2 saturated carbocycles. The molecule has 2 nitrogen and oxygen atoms in total. The highest BCUT2D eigenvalue weighted by molar-refractivity contribution is 5.81. The van der Waals surface area contributed by atoms with Gasteiger partial charge in [0.25, 0.3) is 0 Å². The standard InChI is InChI=1S/C13H22O2/c14-12-8-3-1-2-6-10(12)11-7-4-5-9-13(11)15/h10-11,13,15H,1-9H2. The molecule has 3 unspecified atom stereocenters. The number of carbonyl (C=O) groups is 1.